The lowest BCUT2D eigenvalue weighted by Crippen LogP contribution is -2.47. The van der Waals surface area contributed by atoms with Crippen LogP contribution in [-0.4, -0.2) is 36.6 Å². The summed E-state index contributed by atoms with van der Waals surface area (Å²) in [6.07, 6.45) is 2.17. The Morgan fingerprint density at radius 1 is 1.08 bits per heavy atom. The third-order valence-electron chi connectivity index (χ3n) is 5.16. The van der Waals surface area contributed by atoms with E-state index in [2.05, 4.69) is 51.6 Å². The molecule has 2 aliphatic rings. The van der Waals surface area contributed by atoms with E-state index in [9.17, 15) is 0 Å². The van der Waals surface area contributed by atoms with Crippen molar-refractivity contribution >= 4 is 5.96 Å². The number of guanidine groups is 1. The van der Waals surface area contributed by atoms with Crippen LogP contribution in [0, 0.1) is 0 Å². The first-order valence-corrected chi connectivity index (χ1v) is 9.36. The lowest BCUT2D eigenvalue weighted by atomic mass is 10.0. The number of rotatable bonds is 4. The normalized spacial score (nSPS) is 21.2. The Labute approximate surface area is 154 Å². The van der Waals surface area contributed by atoms with E-state index >= 15 is 0 Å². The third-order valence-corrected chi connectivity index (χ3v) is 5.16. The predicted octanol–water partition coefficient (Wildman–Crippen LogP) is 2.69. The molecule has 26 heavy (non-hydrogen) atoms. The first kappa shape index (κ1) is 16.9. The number of hydrogen-bond donors (Lipinski definition) is 2. The Bertz CT molecular complexity index is 754. The van der Waals surface area contributed by atoms with Crippen molar-refractivity contribution in [3.8, 4) is 5.75 Å². The summed E-state index contributed by atoms with van der Waals surface area (Å²) in [7, 11) is 0. The second-order valence-corrected chi connectivity index (χ2v) is 7.06. The molecule has 0 aliphatic carbocycles. The van der Waals surface area contributed by atoms with Crippen LogP contribution in [0.5, 0.6) is 5.75 Å². The number of benzene rings is 2. The molecular formula is C21H26N4O. The van der Waals surface area contributed by atoms with Gasteiger partial charge in [-0.3, -0.25) is 4.90 Å². The quantitative estimate of drug-likeness (QED) is 0.657. The van der Waals surface area contributed by atoms with E-state index in [0.29, 0.717) is 18.6 Å². The van der Waals surface area contributed by atoms with Gasteiger partial charge in [-0.2, -0.15) is 0 Å². The van der Waals surface area contributed by atoms with Crippen LogP contribution in [0.15, 0.2) is 59.6 Å². The number of nitrogens with two attached hydrogens (primary N) is 1. The largest absolute Gasteiger partial charge is 0.491 e. The number of para-hydroxylation sites is 1. The van der Waals surface area contributed by atoms with Gasteiger partial charge in [-0.1, -0.05) is 48.5 Å². The van der Waals surface area contributed by atoms with E-state index < -0.39 is 0 Å². The number of nitrogens with one attached hydrogen (secondary N) is 1. The Balaban J connectivity index is 1.28. The van der Waals surface area contributed by atoms with Crippen LogP contribution in [-0.2, 0) is 6.54 Å². The highest BCUT2D eigenvalue weighted by molar-refractivity contribution is 5.78. The van der Waals surface area contributed by atoms with Crippen molar-refractivity contribution in [2.75, 3.05) is 19.7 Å². The molecule has 1 fully saturated rings. The summed E-state index contributed by atoms with van der Waals surface area (Å²) in [4.78, 5) is 7.14. The maximum Gasteiger partial charge on any atom is 0.189 e. The molecule has 5 nitrogen and oxygen atoms in total. The molecule has 1 unspecified atom stereocenters. The zero-order valence-electron chi connectivity index (χ0n) is 15.0. The highest BCUT2D eigenvalue weighted by atomic mass is 16.5. The minimum Gasteiger partial charge on any atom is -0.491 e. The fraction of sp³-hybridized carbons (Fsp3) is 0.381. The average molecular weight is 350 g/mol. The molecule has 5 heteroatoms. The van der Waals surface area contributed by atoms with Gasteiger partial charge in [0.05, 0.1) is 0 Å². The summed E-state index contributed by atoms with van der Waals surface area (Å²) in [6, 6.07) is 19.1. The molecule has 0 bridgehead atoms. The second-order valence-electron chi connectivity index (χ2n) is 7.06. The monoisotopic (exact) mass is 350 g/mol. The molecule has 4 rings (SSSR count). The molecule has 2 aliphatic heterocycles. The first-order chi connectivity index (χ1) is 12.8. The first-order valence-electron chi connectivity index (χ1n) is 9.36. The van der Waals surface area contributed by atoms with Gasteiger partial charge >= 0.3 is 0 Å². The molecule has 2 heterocycles. The highest BCUT2D eigenvalue weighted by Crippen LogP contribution is 2.34. The van der Waals surface area contributed by atoms with Gasteiger partial charge in [0, 0.05) is 31.2 Å². The maximum atomic E-state index is 6.17. The smallest absolute Gasteiger partial charge is 0.189 e. The van der Waals surface area contributed by atoms with Gasteiger partial charge in [0.2, 0.25) is 0 Å². The topological polar surface area (TPSA) is 62.9 Å². The number of fused-ring (bicyclic) bond motifs is 1. The maximum absolute atomic E-state index is 6.17. The van der Waals surface area contributed by atoms with Gasteiger partial charge in [-0.05, 0) is 24.5 Å². The number of ether oxygens (including phenoxy) is 1. The summed E-state index contributed by atoms with van der Waals surface area (Å²) >= 11 is 0. The Kier molecular flexibility index (Phi) is 5.07. The fourth-order valence-corrected chi connectivity index (χ4v) is 3.74. The fourth-order valence-electron chi connectivity index (χ4n) is 3.74. The van der Waals surface area contributed by atoms with Crippen molar-refractivity contribution in [2.24, 2.45) is 10.7 Å². The van der Waals surface area contributed by atoms with Gasteiger partial charge in [0.15, 0.2) is 5.96 Å². The summed E-state index contributed by atoms with van der Waals surface area (Å²) in [6.45, 7) is 3.75. The number of nitrogens with zero attached hydrogens (tertiary/aromatic N) is 2. The van der Waals surface area contributed by atoms with Gasteiger partial charge in [0.25, 0.3) is 0 Å². The van der Waals surface area contributed by atoms with Crippen molar-refractivity contribution < 1.29 is 4.74 Å². The second kappa shape index (κ2) is 7.79. The van der Waals surface area contributed by atoms with E-state index in [1.54, 1.807) is 0 Å². The molecule has 136 valence electrons. The van der Waals surface area contributed by atoms with Gasteiger partial charge < -0.3 is 15.8 Å². The lowest BCUT2D eigenvalue weighted by molar-refractivity contribution is 0.198. The van der Waals surface area contributed by atoms with Crippen molar-refractivity contribution in [1.82, 2.24) is 10.2 Å². The van der Waals surface area contributed by atoms with Crippen LogP contribution in [0.2, 0.25) is 0 Å². The predicted molar refractivity (Wildman–Crippen MR) is 104 cm³/mol. The summed E-state index contributed by atoms with van der Waals surface area (Å²) in [5.41, 5.74) is 8.66. The molecule has 0 radical (unpaired) electrons. The molecule has 0 saturated carbocycles. The van der Waals surface area contributed by atoms with Crippen molar-refractivity contribution in [2.45, 2.75) is 31.5 Å². The molecule has 0 amide bonds. The van der Waals surface area contributed by atoms with Gasteiger partial charge in [-0.15, -0.1) is 0 Å². The lowest BCUT2D eigenvalue weighted by Gasteiger charge is -2.32. The zero-order valence-corrected chi connectivity index (χ0v) is 15.0. The van der Waals surface area contributed by atoms with Crippen LogP contribution in [0.3, 0.4) is 0 Å². The van der Waals surface area contributed by atoms with Gasteiger partial charge in [0.1, 0.15) is 18.4 Å². The Hall–Kier alpha value is -2.53. The molecule has 3 N–H and O–H groups in total. The molecule has 1 atom stereocenters. The summed E-state index contributed by atoms with van der Waals surface area (Å²) < 4.78 is 5.68. The van der Waals surface area contributed by atoms with Crippen LogP contribution >= 0.6 is 0 Å². The van der Waals surface area contributed by atoms with Crippen molar-refractivity contribution in [3.05, 3.63) is 65.7 Å². The molecule has 0 spiro atoms. The Morgan fingerprint density at radius 2 is 1.81 bits per heavy atom. The molecule has 0 aromatic heterocycles. The number of piperidine rings is 1. The number of likely N-dealkylation sites (tertiary alicyclic amines) is 1. The van der Waals surface area contributed by atoms with Crippen molar-refractivity contribution in [3.63, 3.8) is 0 Å². The van der Waals surface area contributed by atoms with Crippen LogP contribution in [0.4, 0.5) is 0 Å². The molecule has 1 saturated heterocycles. The number of hydrogen-bond acceptors (Lipinski definition) is 3. The standard InChI is InChI=1S/C21H26N4O/c22-21(24-19-15-26-20-9-5-4-8-18(19)20)23-17-10-12-25(13-11-17)14-16-6-2-1-3-7-16/h1-9,17,19H,10-15H2,(H3,22,23,24). The molecule has 2 aromatic rings. The van der Waals surface area contributed by atoms with Crippen molar-refractivity contribution in [1.29, 1.82) is 0 Å². The Morgan fingerprint density at radius 3 is 2.62 bits per heavy atom. The SMILES string of the molecule is NC(=NC1COc2ccccc21)NC1CCN(Cc2ccccc2)CC1. The van der Waals surface area contributed by atoms with E-state index in [-0.39, 0.29) is 6.04 Å². The minimum atomic E-state index is -0.00290. The summed E-state index contributed by atoms with van der Waals surface area (Å²) in [5, 5.41) is 3.41. The zero-order chi connectivity index (χ0) is 17.8. The minimum absolute atomic E-state index is 0.00290. The average Bonchev–Trinajstić information content (AvgIpc) is 3.07. The number of aliphatic imine (C=N–C) groups is 1. The van der Waals surface area contributed by atoms with E-state index in [1.807, 2.05) is 18.2 Å². The molecule has 2 aromatic carbocycles. The van der Waals surface area contributed by atoms with Crippen LogP contribution < -0.4 is 15.8 Å². The van der Waals surface area contributed by atoms with E-state index in [1.165, 1.54) is 5.56 Å². The third kappa shape index (κ3) is 3.99. The van der Waals surface area contributed by atoms with E-state index in [0.717, 1.165) is 43.8 Å². The van der Waals surface area contributed by atoms with Gasteiger partial charge in [-0.25, -0.2) is 4.99 Å². The summed E-state index contributed by atoms with van der Waals surface area (Å²) in [5.74, 6) is 1.44. The highest BCUT2D eigenvalue weighted by Gasteiger charge is 2.24. The van der Waals surface area contributed by atoms with Crippen LogP contribution in [0.1, 0.15) is 30.0 Å². The van der Waals surface area contributed by atoms with Crippen LogP contribution in [0.25, 0.3) is 0 Å². The van der Waals surface area contributed by atoms with E-state index in [4.69, 9.17) is 10.5 Å². The molecular weight excluding hydrogens is 324 g/mol.